The molecule has 1 aliphatic heterocycles. The van der Waals surface area contributed by atoms with E-state index < -0.39 is 0 Å². The Morgan fingerprint density at radius 3 is 2.61 bits per heavy atom. The maximum Gasteiger partial charge on any atom is 0.227 e. The van der Waals surface area contributed by atoms with E-state index in [-0.39, 0.29) is 0 Å². The summed E-state index contributed by atoms with van der Waals surface area (Å²) < 4.78 is 0. The van der Waals surface area contributed by atoms with Gasteiger partial charge < -0.3 is 14.7 Å². The van der Waals surface area contributed by atoms with Crippen LogP contribution in [0.1, 0.15) is 18.5 Å². The van der Waals surface area contributed by atoms with Gasteiger partial charge in [0.05, 0.1) is 5.69 Å². The van der Waals surface area contributed by atoms with Gasteiger partial charge in [0.25, 0.3) is 0 Å². The zero-order valence-electron chi connectivity index (χ0n) is 17.0. The fraction of sp³-hybridized carbons (Fsp3) is 0.429. The van der Waals surface area contributed by atoms with Gasteiger partial charge in [-0.05, 0) is 25.8 Å². The number of piperidine rings is 1. The number of hydrogen-bond donors (Lipinski definition) is 0. The predicted octanol–water partition coefficient (Wildman–Crippen LogP) is 2.90. The number of benzene rings is 1. The molecule has 1 aliphatic rings. The summed E-state index contributed by atoms with van der Waals surface area (Å²) in [6.45, 7) is 3.89. The Morgan fingerprint density at radius 2 is 1.82 bits per heavy atom. The average molecular weight is 377 g/mol. The molecule has 7 heteroatoms. The first-order chi connectivity index (χ1) is 13.5. The second-order valence-corrected chi connectivity index (χ2v) is 7.62. The van der Waals surface area contributed by atoms with Crippen LogP contribution in [0, 0.1) is 6.92 Å². The van der Waals surface area contributed by atoms with Crippen molar-refractivity contribution in [2.24, 2.45) is 0 Å². The van der Waals surface area contributed by atoms with E-state index >= 15 is 0 Å². The average Bonchev–Trinajstić information content (AvgIpc) is 2.74. The summed E-state index contributed by atoms with van der Waals surface area (Å²) in [7, 11) is 6.08. The van der Waals surface area contributed by atoms with Crippen molar-refractivity contribution < 1.29 is 0 Å². The molecule has 2 aromatic heterocycles. The molecule has 1 saturated heterocycles. The second-order valence-electron chi connectivity index (χ2n) is 7.62. The topological polar surface area (TPSA) is 61.3 Å². The van der Waals surface area contributed by atoms with Crippen LogP contribution in [0.4, 0.5) is 17.6 Å². The van der Waals surface area contributed by atoms with Crippen LogP contribution in [0.15, 0.2) is 36.5 Å². The van der Waals surface area contributed by atoms with Gasteiger partial charge in [-0.2, -0.15) is 10.1 Å². The van der Waals surface area contributed by atoms with E-state index in [2.05, 4.69) is 56.3 Å². The fourth-order valence-corrected chi connectivity index (χ4v) is 3.84. The molecule has 4 rings (SSSR count). The summed E-state index contributed by atoms with van der Waals surface area (Å²) in [6.07, 6.45) is 4.04. The van der Waals surface area contributed by atoms with Gasteiger partial charge in [0.2, 0.25) is 5.95 Å². The van der Waals surface area contributed by atoms with Crippen LogP contribution in [0.25, 0.3) is 10.8 Å². The summed E-state index contributed by atoms with van der Waals surface area (Å²) in [5.74, 6) is 2.65. The molecule has 3 heterocycles. The first-order valence-electron chi connectivity index (χ1n) is 9.75. The molecule has 0 N–H and O–H groups in total. The molecule has 1 fully saturated rings. The first kappa shape index (κ1) is 18.4. The van der Waals surface area contributed by atoms with E-state index in [1.54, 1.807) is 0 Å². The molecule has 28 heavy (non-hydrogen) atoms. The molecule has 1 unspecified atom stereocenters. The molecular formula is C21H27N7. The van der Waals surface area contributed by atoms with Gasteiger partial charge in [0, 0.05) is 57.2 Å². The molecule has 0 spiro atoms. The highest BCUT2D eigenvalue weighted by molar-refractivity contribution is 5.93. The third-order valence-electron chi connectivity index (χ3n) is 5.50. The summed E-state index contributed by atoms with van der Waals surface area (Å²) >= 11 is 0. The second kappa shape index (κ2) is 7.58. The van der Waals surface area contributed by atoms with Crippen LogP contribution >= 0.6 is 0 Å². The summed E-state index contributed by atoms with van der Waals surface area (Å²) in [6, 6.07) is 10.6. The minimum absolute atomic E-state index is 0.327. The number of rotatable bonds is 4. The highest BCUT2D eigenvalue weighted by Crippen LogP contribution is 2.29. The Balaban J connectivity index is 1.60. The van der Waals surface area contributed by atoms with E-state index in [0.29, 0.717) is 6.04 Å². The molecule has 0 radical (unpaired) electrons. The Morgan fingerprint density at radius 1 is 1.04 bits per heavy atom. The summed E-state index contributed by atoms with van der Waals surface area (Å²) in [5, 5.41) is 11.3. The van der Waals surface area contributed by atoms with Crippen molar-refractivity contribution in [3.63, 3.8) is 0 Å². The van der Waals surface area contributed by atoms with E-state index in [1.807, 2.05) is 38.2 Å². The van der Waals surface area contributed by atoms with Gasteiger partial charge in [0.1, 0.15) is 5.82 Å². The lowest BCUT2D eigenvalue weighted by molar-refractivity contribution is 0.480. The van der Waals surface area contributed by atoms with Crippen molar-refractivity contribution in [2.45, 2.75) is 25.8 Å². The highest BCUT2D eigenvalue weighted by atomic mass is 15.3. The third-order valence-corrected chi connectivity index (χ3v) is 5.50. The third kappa shape index (κ3) is 3.44. The normalized spacial score (nSPS) is 17.0. The number of aromatic nitrogens is 4. The number of likely N-dealkylation sites (N-methyl/N-ethyl adjacent to an activating group) is 1. The van der Waals surface area contributed by atoms with Gasteiger partial charge in [-0.1, -0.05) is 24.3 Å². The van der Waals surface area contributed by atoms with Crippen LogP contribution < -0.4 is 14.7 Å². The van der Waals surface area contributed by atoms with Crippen LogP contribution in [-0.2, 0) is 0 Å². The monoisotopic (exact) mass is 377 g/mol. The van der Waals surface area contributed by atoms with Crippen LogP contribution in [-0.4, -0.2) is 60.4 Å². The van der Waals surface area contributed by atoms with Crippen molar-refractivity contribution in [2.75, 3.05) is 48.9 Å². The van der Waals surface area contributed by atoms with Crippen molar-refractivity contribution in [3.8, 4) is 0 Å². The largest absolute Gasteiger partial charge is 0.363 e. The molecule has 0 aliphatic carbocycles. The predicted molar refractivity (Wildman–Crippen MR) is 114 cm³/mol. The number of anilines is 3. The van der Waals surface area contributed by atoms with Gasteiger partial charge in [-0.15, -0.1) is 5.10 Å². The summed E-state index contributed by atoms with van der Waals surface area (Å²) in [5.41, 5.74) is 0.971. The van der Waals surface area contributed by atoms with Crippen molar-refractivity contribution in [1.82, 2.24) is 20.2 Å². The van der Waals surface area contributed by atoms with E-state index in [1.165, 1.54) is 10.8 Å². The first-order valence-corrected chi connectivity index (χ1v) is 9.75. The Hall–Kier alpha value is -2.96. The molecule has 0 saturated carbocycles. The minimum atomic E-state index is 0.327. The molecule has 0 amide bonds. The molecular weight excluding hydrogens is 350 g/mol. The highest BCUT2D eigenvalue weighted by Gasteiger charge is 2.27. The lowest BCUT2D eigenvalue weighted by Crippen LogP contribution is -2.47. The van der Waals surface area contributed by atoms with E-state index in [4.69, 9.17) is 4.98 Å². The SMILES string of the molecule is Cc1nnc(N2CCCC(N(C)c3nccc(N(C)C)n3)C2)c2ccccc12. The zero-order valence-corrected chi connectivity index (χ0v) is 17.0. The van der Waals surface area contributed by atoms with Gasteiger partial charge in [-0.25, -0.2) is 4.98 Å². The number of hydrogen-bond acceptors (Lipinski definition) is 7. The van der Waals surface area contributed by atoms with Gasteiger partial charge in [-0.3, -0.25) is 0 Å². The van der Waals surface area contributed by atoms with Crippen LogP contribution in [0.2, 0.25) is 0 Å². The molecule has 3 aromatic rings. The van der Waals surface area contributed by atoms with Crippen molar-refractivity contribution in [3.05, 3.63) is 42.2 Å². The van der Waals surface area contributed by atoms with E-state index in [9.17, 15) is 0 Å². The van der Waals surface area contributed by atoms with Crippen LogP contribution in [0.5, 0.6) is 0 Å². The van der Waals surface area contributed by atoms with Crippen molar-refractivity contribution >= 4 is 28.4 Å². The van der Waals surface area contributed by atoms with Gasteiger partial charge in [0.15, 0.2) is 5.82 Å². The number of nitrogens with zero attached hydrogens (tertiary/aromatic N) is 7. The Labute approximate surface area is 166 Å². The molecule has 0 bridgehead atoms. The Kier molecular flexibility index (Phi) is 4.98. The number of fused-ring (bicyclic) bond motifs is 1. The number of aryl methyl sites for hydroxylation is 1. The fourth-order valence-electron chi connectivity index (χ4n) is 3.84. The smallest absolute Gasteiger partial charge is 0.227 e. The lowest BCUT2D eigenvalue weighted by Gasteiger charge is -2.38. The minimum Gasteiger partial charge on any atom is -0.363 e. The van der Waals surface area contributed by atoms with Crippen molar-refractivity contribution in [1.29, 1.82) is 0 Å². The quantitative estimate of drug-likeness (QED) is 0.693. The zero-order chi connectivity index (χ0) is 19.7. The van der Waals surface area contributed by atoms with Gasteiger partial charge >= 0.3 is 0 Å². The maximum absolute atomic E-state index is 4.70. The molecule has 146 valence electrons. The van der Waals surface area contributed by atoms with E-state index in [0.717, 1.165) is 49.2 Å². The maximum atomic E-state index is 4.70. The standard InChI is InChI=1S/C21H27N7/c1-15-17-9-5-6-10-18(17)20(25-24-15)28-13-7-8-16(14-28)27(4)21-22-12-11-19(23-21)26(2)3/h5-6,9-12,16H,7-8,13-14H2,1-4H3. The lowest BCUT2D eigenvalue weighted by atomic mass is 10.0. The Bertz CT molecular complexity index is 972. The molecule has 7 nitrogen and oxygen atoms in total. The molecule has 1 aromatic carbocycles. The molecule has 1 atom stereocenters. The summed E-state index contributed by atoms with van der Waals surface area (Å²) in [4.78, 5) is 15.8. The van der Waals surface area contributed by atoms with Crippen LogP contribution in [0.3, 0.4) is 0 Å².